The second kappa shape index (κ2) is 4.77. The van der Waals surface area contributed by atoms with Crippen LogP contribution in [0.2, 0.25) is 0 Å². The van der Waals surface area contributed by atoms with E-state index >= 15 is 0 Å². The number of carbonyl (C=O) groups is 2. The zero-order chi connectivity index (χ0) is 14.0. The monoisotopic (exact) mass is 258 g/mol. The molecule has 0 atom stereocenters. The Morgan fingerprint density at radius 3 is 2.21 bits per heavy atom. The third-order valence-corrected chi connectivity index (χ3v) is 2.56. The third-order valence-electron chi connectivity index (χ3n) is 2.56. The summed E-state index contributed by atoms with van der Waals surface area (Å²) < 4.78 is 0. The highest BCUT2D eigenvalue weighted by molar-refractivity contribution is 6.05. The number of benzene rings is 1. The molecule has 1 aromatic heterocycles. The number of aromatic nitrogens is 1. The van der Waals surface area contributed by atoms with Crippen LogP contribution in [0.3, 0.4) is 0 Å². The minimum absolute atomic E-state index is 0.314. The Balaban J connectivity index is 2.68. The fourth-order valence-electron chi connectivity index (χ4n) is 1.72. The summed E-state index contributed by atoms with van der Waals surface area (Å²) in [5.41, 5.74) is 5.65. The lowest BCUT2D eigenvalue weighted by Gasteiger charge is -2.08. The minimum Gasteiger partial charge on any atom is -0.478 e. The number of nitrogens with two attached hydrogens (primary N) is 1. The SMILES string of the molecule is Nc1nc(-c2ccccc2)cc(C(=O)O)c1C(=O)O. The molecule has 0 radical (unpaired) electrons. The topological polar surface area (TPSA) is 114 Å². The summed E-state index contributed by atoms with van der Waals surface area (Å²) >= 11 is 0. The van der Waals surface area contributed by atoms with Crippen LogP contribution in [0.15, 0.2) is 36.4 Å². The Bertz CT molecular complexity index is 653. The molecule has 0 spiro atoms. The van der Waals surface area contributed by atoms with E-state index in [2.05, 4.69) is 4.98 Å². The summed E-state index contributed by atoms with van der Waals surface area (Å²) in [7, 11) is 0. The largest absolute Gasteiger partial charge is 0.478 e. The number of hydrogen-bond acceptors (Lipinski definition) is 4. The Morgan fingerprint density at radius 1 is 1.05 bits per heavy atom. The predicted molar refractivity (Wildman–Crippen MR) is 68.0 cm³/mol. The first kappa shape index (κ1) is 12.6. The van der Waals surface area contributed by atoms with Gasteiger partial charge in [0.05, 0.1) is 11.3 Å². The summed E-state index contributed by atoms with van der Waals surface area (Å²) in [6.45, 7) is 0. The highest BCUT2D eigenvalue weighted by Gasteiger charge is 2.21. The zero-order valence-corrected chi connectivity index (χ0v) is 9.70. The first-order chi connectivity index (χ1) is 9.00. The van der Waals surface area contributed by atoms with E-state index in [1.807, 2.05) is 0 Å². The molecule has 0 aliphatic rings. The number of anilines is 1. The number of carboxylic acid groups (broad SMARTS) is 2. The summed E-state index contributed by atoms with van der Waals surface area (Å²) in [5, 5.41) is 18.0. The van der Waals surface area contributed by atoms with Crippen molar-refractivity contribution in [2.24, 2.45) is 0 Å². The van der Waals surface area contributed by atoms with Gasteiger partial charge in [0.15, 0.2) is 0 Å². The molecule has 0 unspecified atom stereocenters. The van der Waals surface area contributed by atoms with Crippen molar-refractivity contribution in [3.63, 3.8) is 0 Å². The Labute approximate surface area is 108 Å². The van der Waals surface area contributed by atoms with E-state index in [4.69, 9.17) is 15.9 Å². The van der Waals surface area contributed by atoms with Gasteiger partial charge in [-0.05, 0) is 6.07 Å². The predicted octanol–water partition coefficient (Wildman–Crippen LogP) is 1.73. The summed E-state index contributed by atoms with van der Waals surface area (Å²) in [4.78, 5) is 26.1. The van der Waals surface area contributed by atoms with Crippen LogP contribution >= 0.6 is 0 Å². The second-order valence-corrected chi connectivity index (χ2v) is 3.79. The number of aromatic carboxylic acids is 2. The number of nitrogens with zero attached hydrogens (tertiary/aromatic N) is 1. The molecule has 0 saturated carbocycles. The Hall–Kier alpha value is -2.89. The van der Waals surface area contributed by atoms with Crippen LogP contribution in [-0.4, -0.2) is 27.1 Å². The van der Waals surface area contributed by atoms with Crippen LogP contribution in [0.4, 0.5) is 5.82 Å². The van der Waals surface area contributed by atoms with Crippen molar-refractivity contribution >= 4 is 17.8 Å². The molecule has 19 heavy (non-hydrogen) atoms. The lowest BCUT2D eigenvalue weighted by molar-refractivity contribution is 0.0652. The average Bonchev–Trinajstić information content (AvgIpc) is 2.38. The number of hydrogen-bond donors (Lipinski definition) is 3. The molecule has 0 saturated heterocycles. The van der Waals surface area contributed by atoms with Gasteiger partial charge in [0, 0.05) is 5.56 Å². The van der Waals surface area contributed by atoms with E-state index in [0.717, 1.165) is 0 Å². The van der Waals surface area contributed by atoms with Gasteiger partial charge in [-0.25, -0.2) is 14.6 Å². The maximum Gasteiger partial charge on any atom is 0.340 e. The van der Waals surface area contributed by atoms with E-state index in [-0.39, 0.29) is 11.4 Å². The van der Waals surface area contributed by atoms with E-state index in [1.54, 1.807) is 30.3 Å². The van der Waals surface area contributed by atoms with Crippen molar-refractivity contribution in [2.75, 3.05) is 5.73 Å². The van der Waals surface area contributed by atoms with Crippen LogP contribution < -0.4 is 5.73 Å². The van der Waals surface area contributed by atoms with Gasteiger partial charge in [-0.2, -0.15) is 0 Å². The molecule has 0 aliphatic heterocycles. The van der Waals surface area contributed by atoms with Gasteiger partial charge in [-0.15, -0.1) is 0 Å². The number of nitrogen functional groups attached to an aromatic ring is 1. The molecule has 2 aromatic rings. The molecule has 0 fully saturated rings. The molecule has 0 bridgehead atoms. The number of carboxylic acids is 2. The van der Waals surface area contributed by atoms with Crippen molar-refractivity contribution in [3.05, 3.63) is 47.5 Å². The Morgan fingerprint density at radius 2 is 1.68 bits per heavy atom. The van der Waals surface area contributed by atoms with Gasteiger partial charge in [0.2, 0.25) is 0 Å². The first-order valence-corrected chi connectivity index (χ1v) is 5.33. The standard InChI is InChI=1S/C13H10N2O4/c14-11-10(13(18)19)8(12(16)17)6-9(15-11)7-4-2-1-3-5-7/h1-6H,(H2,14,15)(H,16,17)(H,18,19). The van der Waals surface area contributed by atoms with Crippen LogP contribution in [-0.2, 0) is 0 Å². The Kier molecular flexibility index (Phi) is 3.15. The molecule has 1 aromatic carbocycles. The van der Waals surface area contributed by atoms with Crippen LogP contribution in [0.25, 0.3) is 11.3 Å². The van der Waals surface area contributed by atoms with E-state index in [1.165, 1.54) is 6.07 Å². The number of pyridine rings is 1. The van der Waals surface area contributed by atoms with E-state index in [0.29, 0.717) is 11.3 Å². The van der Waals surface area contributed by atoms with Crippen molar-refractivity contribution in [2.45, 2.75) is 0 Å². The third kappa shape index (κ3) is 2.37. The molecule has 4 N–H and O–H groups in total. The van der Waals surface area contributed by atoms with E-state index < -0.39 is 17.5 Å². The van der Waals surface area contributed by atoms with Gasteiger partial charge in [0.1, 0.15) is 11.4 Å². The smallest absolute Gasteiger partial charge is 0.340 e. The van der Waals surface area contributed by atoms with Crippen LogP contribution in [0.1, 0.15) is 20.7 Å². The van der Waals surface area contributed by atoms with Crippen LogP contribution in [0, 0.1) is 0 Å². The molecular formula is C13H10N2O4. The summed E-state index contributed by atoms with van der Waals surface area (Å²) in [6.07, 6.45) is 0. The fraction of sp³-hybridized carbons (Fsp3) is 0. The van der Waals surface area contributed by atoms with Gasteiger partial charge in [-0.3, -0.25) is 0 Å². The maximum atomic E-state index is 11.1. The first-order valence-electron chi connectivity index (χ1n) is 5.33. The molecule has 96 valence electrons. The summed E-state index contributed by atoms with van der Waals surface area (Å²) in [5.74, 6) is -3.09. The van der Waals surface area contributed by atoms with Gasteiger partial charge < -0.3 is 15.9 Å². The highest BCUT2D eigenvalue weighted by Crippen LogP contribution is 2.24. The van der Waals surface area contributed by atoms with Crippen molar-refractivity contribution in [1.29, 1.82) is 0 Å². The van der Waals surface area contributed by atoms with Crippen molar-refractivity contribution < 1.29 is 19.8 Å². The molecule has 0 aliphatic carbocycles. The van der Waals surface area contributed by atoms with Gasteiger partial charge >= 0.3 is 11.9 Å². The average molecular weight is 258 g/mol. The highest BCUT2D eigenvalue weighted by atomic mass is 16.4. The molecular weight excluding hydrogens is 248 g/mol. The lowest BCUT2D eigenvalue weighted by Crippen LogP contribution is -2.13. The molecule has 2 rings (SSSR count). The zero-order valence-electron chi connectivity index (χ0n) is 9.70. The lowest BCUT2D eigenvalue weighted by atomic mass is 10.0. The number of rotatable bonds is 3. The van der Waals surface area contributed by atoms with Crippen molar-refractivity contribution in [3.8, 4) is 11.3 Å². The quantitative estimate of drug-likeness (QED) is 0.772. The summed E-state index contributed by atoms with van der Waals surface area (Å²) in [6, 6.07) is 9.99. The second-order valence-electron chi connectivity index (χ2n) is 3.79. The maximum absolute atomic E-state index is 11.1. The normalized spacial score (nSPS) is 10.1. The minimum atomic E-state index is -1.41. The molecule has 1 heterocycles. The molecule has 0 amide bonds. The fourth-order valence-corrected chi connectivity index (χ4v) is 1.72. The molecule has 6 heteroatoms. The van der Waals surface area contributed by atoms with Crippen LogP contribution in [0.5, 0.6) is 0 Å². The van der Waals surface area contributed by atoms with Gasteiger partial charge in [-0.1, -0.05) is 30.3 Å². The molecule has 6 nitrogen and oxygen atoms in total. The van der Waals surface area contributed by atoms with Gasteiger partial charge in [0.25, 0.3) is 0 Å². The van der Waals surface area contributed by atoms with Crippen molar-refractivity contribution in [1.82, 2.24) is 4.98 Å². The van der Waals surface area contributed by atoms with E-state index in [9.17, 15) is 9.59 Å².